The minimum Gasteiger partial charge on any atom is -0.447 e. The molecule has 1 fully saturated rings. The van der Waals surface area contributed by atoms with Crippen LogP contribution in [0.5, 0.6) is 0 Å². The van der Waals surface area contributed by atoms with Crippen molar-refractivity contribution in [3.05, 3.63) is 42.7 Å². The Morgan fingerprint density at radius 1 is 1.14 bits per heavy atom. The molecule has 0 aromatic carbocycles. The fourth-order valence-electron chi connectivity index (χ4n) is 3.03. The van der Waals surface area contributed by atoms with Gasteiger partial charge in [0.05, 0.1) is 6.04 Å². The van der Waals surface area contributed by atoms with Crippen molar-refractivity contribution in [2.75, 3.05) is 16.8 Å². The summed E-state index contributed by atoms with van der Waals surface area (Å²) in [5.41, 5.74) is 0.813. The normalized spacial score (nSPS) is 17.4. The number of pyridine rings is 1. The predicted molar refractivity (Wildman–Crippen MR) is 104 cm³/mol. The van der Waals surface area contributed by atoms with Crippen molar-refractivity contribution in [1.29, 1.82) is 0 Å². The maximum atomic E-state index is 12.2. The van der Waals surface area contributed by atoms with Crippen LogP contribution < -0.4 is 10.2 Å². The van der Waals surface area contributed by atoms with Gasteiger partial charge in [-0.2, -0.15) is 9.97 Å². The summed E-state index contributed by atoms with van der Waals surface area (Å²) in [5, 5.41) is 7.14. The summed E-state index contributed by atoms with van der Waals surface area (Å²) in [4.78, 5) is 30.8. The quantitative estimate of drug-likeness (QED) is 0.671. The number of rotatable bonds is 6. The first-order valence-electron chi connectivity index (χ1n) is 9.32. The van der Waals surface area contributed by atoms with Crippen LogP contribution in [0.25, 0.3) is 11.4 Å². The molecule has 4 heterocycles. The molecule has 3 aromatic rings. The van der Waals surface area contributed by atoms with Gasteiger partial charge in [0.1, 0.15) is 18.5 Å². The lowest BCUT2D eigenvalue weighted by Crippen LogP contribution is -2.37. The second kappa shape index (κ2) is 7.82. The van der Waals surface area contributed by atoms with Crippen LogP contribution in [0.4, 0.5) is 16.6 Å². The highest BCUT2D eigenvalue weighted by molar-refractivity contribution is 5.89. The fraction of sp³-hybridized carbons (Fsp3) is 0.368. The standard InChI is InChI=1S/C19H21N7O3/c1-11(2)14-10-28-19(27)26(14)15-6-9-21-18(23-15)22-12(3)17-24-16(25-29-17)13-4-7-20-8-5-13/h4-9,11-12,14H,10H2,1-3H3,(H,21,22,23)/t12-,14-/m1/s1. The van der Waals surface area contributed by atoms with Gasteiger partial charge in [-0.1, -0.05) is 19.0 Å². The van der Waals surface area contributed by atoms with E-state index in [-0.39, 0.29) is 18.0 Å². The van der Waals surface area contributed by atoms with E-state index in [9.17, 15) is 4.79 Å². The number of amides is 1. The number of anilines is 2. The van der Waals surface area contributed by atoms with E-state index < -0.39 is 6.09 Å². The molecule has 10 nitrogen and oxygen atoms in total. The summed E-state index contributed by atoms with van der Waals surface area (Å²) in [5.74, 6) is 1.94. The van der Waals surface area contributed by atoms with Crippen LogP contribution in [0.1, 0.15) is 32.7 Å². The highest BCUT2D eigenvalue weighted by Gasteiger charge is 2.37. The number of carbonyl (C=O) groups excluding carboxylic acids is 1. The van der Waals surface area contributed by atoms with Crippen molar-refractivity contribution in [2.24, 2.45) is 5.92 Å². The third-order valence-corrected chi connectivity index (χ3v) is 4.66. The Morgan fingerprint density at radius 3 is 2.69 bits per heavy atom. The fourth-order valence-corrected chi connectivity index (χ4v) is 3.03. The topological polar surface area (TPSA) is 119 Å². The molecule has 3 aromatic heterocycles. The Bertz CT molecular complexity index is 992. The van der Waals surface area contributed by atoms with Crippen LogP contribution in [0.15, 0.2) is 41.3 Å². The Balaban J connectivity index is 1.51. The molecular weight excluding hydrogens is 374 g/mol. The molecule has 29 heavy (non-hydrogen) atoms. The minimum absolute atomic E-state index is 0.0680. The second-order valence-electron chi connectivity index (χ2n) is 7.05. The largest absolute Gasteiger partial charge is 0.447 e. The lowest BCUT2D eigenvalue weighted by Gasteiger charge is -2.23. The van der Waals surface area contributed by atoms with Gasteiger partial charge in [0.15, 0.2) is 0 Å². The molecule has 1 amide bonds. The molecule has 0 spiro atoms. The van der Waals surface area contributed by atoms with Crippen LogP contribution >= 0.6 is 0 Å². The average molecular weight is 395 g/mol. The van der Waals surface area contributed by atoms with Gasteiger partial charge in [-0.3, -0.25) is 9.88 Å². The zero-order valence-electron chi connectivity index (χ0n) is 16.3. The number of hydrogen-bond donors (Lipinski definition) is 1. The summed E-state index contributed by atoms with van der Waals surface area (Å²) in [7, 11) is 0. The second-order valence-corrected chi connectivity index (χ2v) is 7.05. The Labute approximate surface area is 167 Å². The number of ether oxygens (including phenoxy) is 1. The van der Waals surface area contributed by atoms with Crippen molar-refractivity contribution in [3.8, 4) is 11.4 Å². The first kappa shape index (κ1) is 18.8. The van der Waals surface area contributed by atoms with E-state index in [1.807, 2.05) is 20.8 Å². The average Bonchev–Trinajstić information content (AvgIpc) is 3.36. The Hall–Kier alpha value is -3.56. The molecule has 0 bridgehead atoms. The molecular formula is C19H21N7O3. The van der Waals surface area contributed by atoms with Gasteiger partial charge < -0.3 is 14.6 Å². The molecule has 2 atom stereocenters. The maximum Gasteiger partial charge on any atom is 0.415 e. The lowest BCUT2D eigenvalue weighted by atomic mass is 10.0. The van der Waals surface area contributed by atoms with E-state index in [2.05, 4.69) is 30.4 Å². The van der Waals surface area contributed by atoms with Crippen LogP contribution in [0.3, 0.4) is 0 Å². The van der Waals surface area contributed by atoms with Crippen LogP contribution in [0.2, 0.25) is 0 Å². The van der Waals surface area contributed by atoms with Crippen molar-refractivity contribution < 1.29 is 14.1 Å². The van der Waals surface area contributed by atoms with Gasteiger partial charge in [-0.15, -0.1) is 0 Å². The highest BCUT2D eigenvalue weighted by atomic mass is 16.6. The first-order valence-corrected chi connectivity index (χ1v) is 9.32. The number of nitrogens with one attached hydrogen (secondary N) is 1. The van der Waals surface area contributed by atoms with E-state index in [1.165, 1.54) is 0 Å². The molecule has 1 aliphatic rings. The Morgan fingerprint density at radius 2 is 1.93 bits per heavy atom. The molecule has 0 radical (unpaired) electrons. The molecule has 0 aliphatic carbocycles. The summed E-state index contributed by atoms with van der Waals surface area (Å²) in [6.07, 6.45) is 4.52. The van der Waals surface area contributed by atoms with Gasteiger partial charge in [0.25, 0.3) is 0 Å². The molecule has 150 valence electrons. The number of aromatic nitrogens is 5. The van der Waals surface area contributed by atoms with E-state index >= 15 is 0 Å². The van der Waals surface area contributed by atoms with Crippen LogP contribution in [-0.2, 0) is 4.74 Å². The zero-order valence-corrected chi connectivity index (χ0v) is 16.3. The van der Waals surface area contributed by atoms with E-state index in [1.54, 1.807) is 41.7 Å². The summed E-state index contributed by atoms with van der Waals surface area (Å²) >= 11 is 0. The van der Waals surface area contributed by atoms with Gasteiger partial charge in [0, 0.05) is 24.2 Å². The summed E-state index contributed by atoms with van der Waals surface area (Å²) in [6, 6.07) is 4.90. The molecule has 4 rings (SSSR count). The van der Waals surface area contributed by atoms with Gasteiger partial charge in [-0.25, -0.2) is 9.78 Å². The third kappa shape index (κ3) is 3.86. The van der Waals surface area contributed by atoms with Crippen molar-refractivity contribution in [1.82, 2.24) is 25.1 Å². The monoisotopic (exact) mass is 395 g/mol. The van der Waals surface area contributed by atoms with Crippen molar-refractivity contribution >= 4 is 17.9 Å². The van der Waals surface area contributed by atoms with E-state index in [4.69, 9.17) is 9.26 Å². The lowest BCUT2D eigenvalue weighted by molar-refractivity contribution is 0.177. The van der Waals surface area contributed by atoms with E-state index in [0.717, 1.165) is 5.56 Å². The van der Waals surface area contributed by atoms with Crippen LogP contribution in [-0.4, -0.2) is 43.8 Å². The molecule has 0 unspecified atom stereocenters. The number of nitrogens with zero attached hydrogens (tertiary/aromatic N) is 6. The smallest absolute Gasteiger partial charge is 0.415 e. The minimum atomic E-state index is -0.403. The number of cyclic esters (lactones) is 1. The predicted octanol–water partition coefficient (Wildman–Crippen LogP) is 3.08. The molecule has 0 saturated carbocycles. The highest BCUT2D eigenvalue weighted by Crippen LogP contribution is 2.27. The number of hydrogen-bond acceptors (Lipinski definition) is 9. The summed E-state index contributed by atoms with van der Waals surface area (Å²) < 4.78 is 10.6. The maximum absolute atomic E-state index is 12.2. The summed E-state index contributed by atoms with van der Waals surface area (Å²) in [6.45, 7) is 6.29. The van der Waals surface area contributed by atoms with Crippen molar-refractivity contribution in [2.45, 2.75) is 32.9 Å². The van der Waals surface area contributed by atoms with Crippen LogP contribution in [0, 0.1) is 5.92 Å². The molecule has 1 N–H and O–H groups in total. The number of carbonyl (C=O) groups is 1. The molecule has 10 heteroatoms. The zero-order chi connectivity index (χ0) is 20.4. The van der Waals surface area contributed by atoms with Gasteiger partial charge in [0.2, 0.25) is 17.7 Å². The SMILES string of the molecule is CC(C)[C@H]1COC(=O)N1c1ccnc(N[C@H](C)c2nc(-c3ccncc3)no2)n1. The van der Waals surface area contributed by atoms with Gasteiger partial charge in [-0.05, 0) is 31.0 Å². The third-order valence-electron chi connectivity index (χ3n) is 4.66. The Kier molecular flexibility index (Phi) is 5.07. The first-order chi connectivity index (χ1) is 14.0. The van der Waals surface area contributed by atoms with E-state index in [0.29, 0.717) is 30.1 Å². The van der Waals surface area contributed by atoms with Crippen molar-refractivity contribution in [3.63, 3.8) is 0 Å². The van der Waals surface area contributed by atoms with Gasteiger partial charge >= 0.3 is 6.09 Å². The molecule has 1 aliphatic heterocycles. The molecule has 1 saturated heterocycles.